The predicted octanol–water partition coefficient (Wildman–Crippen LogP) is 2.55. The summed E-state index contributed by atoms with van der Waals surface area (Å²) in [6.07, 6.45) is 2.15. The Hall–Kier alpha value is -0.770. The van der Waals surface area contributed by atoms with Crippen molar-refractivity contribution in [1.82, 2.24) is 10.6 Å². The fraction of sp³-hybridized carbons (Fsp3) is 0.462. The second-order valence-electron chi connectivity index (χ2n) is 4.43. The lowest BCUT2D eigenvalue weighted by Gasteiger charge is -2.24. The first-order valence-electron chi connectivity index (χ1n) is 5.95. The maximum absolute atomic E-state index is 12.1. The molecule has 1 fully saturated rings. The van der Waals surface area contributed by atoms with Crippen LogP contribution in [0.1, 0.15) is 28.8 Å². The van der Waals surface area contributed by atoms with E-state index in [0.717, 1.165) is 31.5 Å². The average Bonchev–Trinajstić information content (AvgIpc) is 2.34. The quantitative estimate of drug-likeness (QED) is 0.878. The number of carbonyl (C=O) groups is 1. The summed E-state index contributed by atoms with van der Waals surface area (Å²) in [4.78, 5) is 12.1. The molecule has 1 amide bonds. The summed E-state index contributed by atoms with van der Waals surface area (Å²) in [6.45, 7) is 3.77. The second kappa shape index (κ2) is 6.98. The highest BCUT2D eigenvalue weighted by molar-refractivity contribution is 6.31. The minimum Gasteiger partial charge on any atom is -0.348 e. The van der Waals surface area contributed by atoms with Gasteiger partial charge in [-0.25, -0.2) is 0 Å². The van der Waals surface area contributed by atoms with Gasteiger partial charge in [-0.15, -0.1) is 12.4 Å². The lowest BCUT2D eigenvalue weighted by molar-refractivity contribution is 0.0930. The number of hydrogen-bond donors (Lipinski definition) is 2. The highest BCUT2D eigenvalue weighted by atomic mass is 35.5. The van der Waals surface area contributed by atoms with Crippen LogP contribution >= 0.6 is 24.0 Å². The summed E-state index contributed by atoms with van der Waals surface area (Å²) < 4.78 is 0. The molecule has 0 radical (unpaired) electrons. The third-order valence-electron chi connectivity index (χ3n) is 3.14. The van der Waals surface area contributed by atoms with Crippen molar-refractivity contribution in [2.24, 2.45) is 0 Å². The van der Waals surface area contributed by atoms with Crippen LogP contribution in [0.5, 0.6) is 0 Å². The van der Waals surface area contributed by atoms with Gasteiger partial charge in [0.25, 0.3) is 5.91 Å². The van der Waals surface area contributed by atoms with Crippen LogP contribution in [0.2, 0.25) is 5.02 Å². The van der Waals surface area contributed by atoms with E-state index in [1.165, 1.54) is 0 Å². The van der Waals surface area contributed by atoms with Crippen LogP contribution in [0, 0.1) is 6.92 Å². The number of hydrogen-bond acceptors (Lipinski definition) is 2. The largest absolute Gasteiger partial charge is 0.348 e. The highest BCUT2D eigenvalue weighted by Gasteiger charge is 2.17. The van der Waals surface area contributed by atoms with Gasteiger partial charge >= 0.3 is 0 Å². The lowest BCUT2D eigenvalue weighted by Crippen LogP contribution is -2.45. The molecule has 0 spiro atoms. The van der Waals surface area contributed by atoms with Crippen molar-refractivity contribution in [1.29, 1.82) is 0 Å². The Morgan fingerprint density at radius 3 is 2.94 bits per heavy atom. The van der Waals surface area contributed by atoms with Crippen molar-refractivity contribution in [3.05, 3.63) is 34.3 Å². The fourth-order valence-electron chi connectivity index (χ4n) is 2.09. The predicted molar refractivity (Wildman–Crippen MR) is 76.8 cm³/mol. The number of rotatable bonds is 2. The number of benzene rings is 1. The third-order valence-corrected chi connectivity index (χ3v) is 3.55. The molecule has 1 atom stereocenters. The molecule has 18 heavy (non-hydrogen) atoms. The van der Waals surface area contributed by atoms with Crippen LogP contribution in [-0.2, 0) is 0 Å². The van der Waals surface area contributed by atoms with Crippen molar-refractivity contribution in [3.63, 3.8) is 0 Å². The summed E-state index contributed by atoms with van der Waals surface area (Å²) in [5.41, 5.74) is 1.51. The molecule has 1 heterocycles. The fourth-order valence-corrected chi connectivity index (χ4v) is 2.27. The standard InChI is InChI=1S/C13H17ClN2O.ClH/c1-9-11(5-2-6-12(9)14)13(17)16-10-4-3-7-15-8-10;/h2,5-6,10,15H,3-4,7-8H2,1H3,(H,16,17);1H/t10-;/m1./s1. The van der Waals surface area contributed by atoms with Crippen LogP contribution in [-0.4, -0.2) is 25.0 Å². The maximum atomic E-state index is 12.1. The molecule has 0 unspecified atom stereocenters. The normalized spacial score (nSPS) is 18.9. The van der Waals surface area contributed by atoms with Crippen LogP contribution in [0.25, 0.3) is 0 Å². The summed E-state index contributed by atoms with van der Waals surface area (Å²) in [5, 5.41) is 6.96. The van der Waals surface area contributed by atoms with Gasteiger partial charge in [-0.1, -0.05) is 17.7 Å². The Labute approximate surface area is 119 Å². The topological polar surface area (TPSA) is 41.1 Å². The molecule has 1 aliphatic heterocycles. The molecular formula is C13H18Cl2N2O. The summed E-state index contributed by atoms with van der Waals surface area (Å²) in [5.74, 6) is -0.0290. The summed E-state index contributed by atoms with van der Waals surface area (Å²) in [6, 6.07) is 5.65. The number of amides is 1. The average molecular weight is 289 g/mol. The molecule has 1 aromatic rings. The first-order valence-corrected chi connectivity index (χ1v) is 6.33. The minimum atomic E-state index is -0.0290. The first-order chi connectivity index (χ1) is 8.18. The van der Waals surface area contributed by atoms with Crippen LogP contribution in [0.15, 0.2) is 18.2 Å². The van der Waals surface area contributed by atoms with Crippen molar-refractivity contribution < 1.29 is 4.79 Å². The second-order valence-corrected chi connectivity index (χ2v) is 4.84. The van der Waals surface area contributed by atoms with E-state index in [9.17, 15) is 4.79 Å². The zero-order valence-electron chi connectivity index (χ0n) is 10.3. The third kappa shape index (κ3) is 3.61. The number of carbonyl (C=O) groups excluding carboxylic acids is 1. The van der Waals surface area contributed by atoms with E-state index >= 15 is 0 Å². The number of piperidine rings is 1. The van der Waals surface area contributed by atoms with Gasteiger partial charge in [0.2, 0.25) is 0 Å². The zero-order chi connectivity index (χ0) is 12.3. The van der Waals surface area contributed by atoms with Gasteiger partial charge in [0.1, 0.15) is 0 Å². The molecule has 5 heteroatoms. The highest BCUT2D eigenvalue weighted by Crippen LogP contribution is 2.18. The smallest absolute Gasteiger partial charge is 0.251 e. The summed E-state index contributed by atoms with van der Waals surface area (Å²) in [7, 11) is 0. The molecular weight excluding hydrogens is 271 g/mol. The Morgan fingerprint density at radius 2 is 2.28 bits per heavy atom. The van der Waals surface area contributed by atoms with Crippen molar-refractivity contribution in [2.75, 3.05) is 13.1 Å². The van der Waals surface area contributed by atoms with Crippen molar-refractivity contribution in [3.8, 4) is 0 Å². The Bertz CT molecular complexity index is 417. The molecule has 0 saturated carbocycles. The van der Waals surface area contributed by atoms with Crippen LogP contribution in [0.3, 0.4) is 0 Å². The Balaban J connectivity index is 0.00000162. The van der Waals surface area contributed by atoms with Crippen molar-refractivity contribution >= 4 is 29.9 Å². The molecule has 0 aromatic heterocycles. The molecule has 0 aliphatic carbocycles. The Kier molecular flexibility index (Phi) is 5.93. The van der Waals surface area contributed by atoms with Gasteiger partial charge in [-0.05, 0) is 44.0 Å². The van der Waals surface area contributed by atoms with Gasteiger partial charge in [0, 0.05) is 23.2 Å². The summed E-state index contributed by atoms with van der Waals surface area (Å²) >= 11 is 6.01. The van der Waals surface area contributed by atoms with Gasteiger partial charge in [0.05, 0.1) is 0 Å². The van der Waals surface area contributed by atoms with Gasteiger partial charge < -0.3 is 10.6 Å². The molecule has 1 aromatic carbocycles. The molecule has 1 aliphatic rings. The van der Waals surface area contributed by atoms with Crippen molar-refractivity contribution in [2.45, 2.75) is 25.8 Å². The van der Waals surface area contributed by atoms with E-state index in [0.29, 0.717) is 10.6 Å². The van der Waals surface area contributed by atoms with E-state index in [1.807, 2.05) is 19.1 Å². The minimum absolute atomic E-state index is 0. The van der Waals surface area contributed by atoms with E-state index in [4.69, 9.17) is 11.6 Å². The van der Waals surface area contributed by atoms with Gasteiger partial charge in [-0.3, -0.25) is 4.79 Å². The van der Waals surface area contributed by atoms with E-state index in [1.54, 1.807) is 6.07 Å². The van der Waals surface area contributed by atoms with E-state index in [-0.39, 0.29) is 24.4 Å². The molecule has 2 N–H and O–H groups in total. The number of nitrogens with one attached hydrogen (secondary N) is 2. The molecule has 0 bridgehead atoms. The van der Waals surface area contributed by atoms with Gasteiger partial charge in [0.15, 0.2) is 0 Å². The van der Waals surface area contributed by atoms with Gasteiger partial charge in [-0.2, -0.15) is 0 Å². The molecule has 100 valence electrons. The maximum Gasteiger partial charge on any atom is 0.251 e. The van der Waals surface area contributed by atoms with E-state index in [2.05, 4.69) is 10.6 Å². The SMILES string of the molecule is Cc1c(Cl)cccc1C(=O)N[C@@H]1CCCNC1.Cl. The first kappa shape index (κ1) is 15.3. The number of halogens is 2. The van der Waals surface area contributed by atoms with Crippen LogP contribution in [0.4, 0.5) is 0 Å². The van der Waals surface area contributed by atoms with Crippen LogP contribution < -0.4 is 10.6 Å². The Morgan fingerprint density at radius 1 is 1.50 bits per heavy atom. The van der Waals surface area contributed by atoms with E-state index < -0.39 is 0 Å². The monoisotopic (exact) mass is 288 g/mol. The molecule has 3 nitrogen and oxygen atoms in total. The zero-order valence-corrected chi connectivity index (χ0v) is 11.9. The molecule has 1 saturated heterocycles. The molecule has 2 rings (SSSR count). The lowest BCUT2D eigenvalue weighted by atomic mass is 10.0.